The lowest BCUT2D eigenvalue weighted by molar-refractivity contribution is 0.483. The monoisotopic (exact) mass is 278 g/mol. The van der Waals surface area contributed by atoms with Crippen molar-refractivity contribution in [2.24, 2.45) is 5.73 Å². The van der Waals surface area contributed by atoms with Crippen LogP contribution in [0.15, 0.2) is 60.8 Å². The Labute approximate surface area is 124 Å². The van der Waals surface area contributed by atoms with Gasteiger partial charge in [0.25, 0.3) is 0 Å². The first-order chi connectivity index (χ1) is 10.3. The Morgan fingerprint density at radius 2 is 1.81 bits per heavy atom. The maximum absolute atomic E-state index is 6.01. The first-order valence-electron chi connectivity index (χ1n) is 7.14. The number of rotatable bonds is 4. The second-order valence-corrected chi connectivity index (χ2v) is 5.04. The molecule has 2 aromatic carbocycles. The summed E-state index contributed by atoms with van der Waals surface area (Å²) in [5, 5.41) is 1.11. The van der Waals surface area contributed by atoms with Gasteiger partial charge < -0.3 is 10.5 Å². The number of fused-ring (bicyclic) bond motifs is 1. The lowest BCUT2D eigenvalue weighted by Crippen LogP contribution is -2.07. The standard InChI is InChI=1S/C18H18N2O/c1-2-17(19)13-5-8-15(9-6-13)21-16-10-7-14-4-3-11-20-18(14)12-16/h3-12,17H,2,19H2,1H3/t17-/m1/s1. The van der Waals surface area contributed by atoms with E-state index in [1.807, 2.05) is 54.6 Å². The van der Waals surface area contributed by atoms with Crippen molar-refractivity contribution in [3.8, 4) is 11.5 Å². The van der Waals surface area contributed by atoms with E-state index in [0.717, 1.165) is 34.4 Å². The normalized spacial score (nSPS) is 12.3. The highest BCUT2D eigenvalue weighted by molar-refractivity contribution is 5.79. The van der Waals surface area contributed by atoms with Crippen LogP contribution in [-0.2, 0) is 0 Å². The minimum Gasteiger partial charge on any atom is -0.457 e. The van der Waals surface area contributed by atoms with Gasteiger partial charge in [0.15, 0.2) is 0 Å². The van der Waals surface area contributed by atoms with Gasteiger partial charge in [-0.25, -0.2) is 0 Å². The average molecular weight is 278 g/mol. The first kappa shape index (κ1) is 13.6. The predicted octanol–water partition coefficient (Wildman–Crippen LogP) is 4.44. The molecule has 1 aromatic heterocycles. The maximum atomic E-state index is 6.01. The van der Waals surface area contributed by atoms with Crippen LogP contribution in [0.25, 0.3) is 10.9 Å². The van der Waals surface area contributed by atoms with E-state index in [1.54, 1.807) is 6.20 Å². The summed E-state index contributed by atoms with van der Waals surface area (Å²) >= 11 is 0. The van der Waals surface area contributed by atoms with Gasteiger partial charge >= 0.3 is 0 Å². The molecule has 0 amide bonds. The number of hydrogen-bond acceptors (Lipinski definition) is 3. The second kappa shape index (κ2) is 5.94. The van der Waals surface area contributed by atoms with Gasteiger partial charge in [0.05, 0.1) is 5.52 Å². The Balaban J connectivity index is 1.81. The molecule has 3 aromatic rings. The van der Waals surface area contributed by atoms with Crippen LogP contribution < -0.4 is 10.5 Å². The van der Waals surface area contributed by atoms with Crippen molar-refractivity contribution in [1.29, 1.82) is 0 Å². The number of benzene rings is 2. The third-order valence-electron chi connectivity index (χ3n) is 3.56. The summed E-state index contributed by atoms with van der Waals surface area (Å²) in [6, 6.07) is 17.9. The number of pyridine rings is 1. The molecule has 0 unspecified atom stereocenters. The summed E-state index contributed by atoms with van der Waals surface area (Å²) in [7, 11) is 0. The highest BCUT2D eigenvalue weighted by Crippen LogP contribution is 2.26. The lowest BCUT2D eigenvalue weighted by atomic mass is 10.1. The van der Waals surface area contributed by atoms with E-state index in [1.165, 1.54) is 0 Å². The van der Waals surface area contributed by atoms with Gasteiger partial charge in [0.2, 0.25) is 0 Å². The largest absolute Gasteiger partial charge is 0.457 e. The Morgan fingerprint density at radius 1 is 1.05 bits per heavy atom. The van der Waals surface area contributed by atoms with Crippen LogP contribution in [0.2, 0.25) is 0 Å². The van der Waals surface area contributed by atoms with E-state index in [4.69, 9.17) is 10.5 Å². The molecule has 106 valence electrons. The second-order valence-electron chi connectivity index (χ2n) is 5.04. The Kier molecular flexibility index (Phi) is 3.84. The number of hydrogen-bond donors (Lipinski definition) is 1. The van der Waals surface area contributed by atoms with Crippen molar-refractivity contribution in [2.75, 3.05) is 0 Å². The van der Waals surface area contributed by atoms with E-state index < -0.39 is 0 Å². The third kappa shape index (κ3) is 3.03. The maximum Gasteiger partial charge on any atom is 0.129 e. The van der Waals surface area contributed by atoms with Gasteiger partial charge in [-0.3, -0.25) is 4.98 Å². The summed E-state index contributed by atoms with van der Waals surface area (Å²) in [4.78, 5) is 4.34. The van der Waals surface area contributed by atoms with Crippen LogP contribution in [0.5, 0.6) is 11.5 Å². The number of aromatic nitrogens is 1. The zero-order chi connectivity index (χ0) is 14.7. The minimum atomic E-state index is 0.0870. The fourth-order valence-electron chi connectivity index (χ4n) is 2.26. The fraction of sp³-hybridized carbons (Fsp3) is 0.167. The van der Waals surface area contributed by atoms with Crippen molar-refractivity contribution in [3.63, 3.8) is 0 Å². The Bertz CT molecular complexity index is 738. The Hall–Kier alpha value is -2.39. The zero-order valence-electron chi connectivity index (χ0n) is 12.0. The molecule has 0 fully saturated rings. The Morgan fingerprint density at radius 3 is 2.57 bits per heavy atom. The molecule has 21 heavy (non-hydrogen) atoms. The molecule has 0 spiro atoms. The van der Waals surface area contributed by atoms with Gasteiger partial charge in [0.1, 0.15) is 11.5 Å². The fourth-order valence-corrected chi connectivity index (χ4v) is 2.26. The molecule has 1 atom stereocenters. The van der Waals surface area contributed by atoms with Crippen LogP contribution in [-0.4, -0.2) is 4.98 Å². The quantitative estimate of drug-likeness (QED) is 0.767. The summed E-state index contributed by atoms with van der Waals surface area (Å²) in [6.07, 6.45) is 2.71. The molecule has 0 saturated carbocycles. The van der Waals surface area contributed by atoms with E-state index in [-0.39, 0.29) is 6.04 Å². The van der Waals surface area contributed by atoms with E-state index in [9.17, 15) is 0 Å². The van der Waals surface area contributed by atoms with Gasteiger partial charge in [0, 0.05) is 23.7 Å². The topological polar surface area (TPSA) is 48.1 Å². The van der Waals surface area contributed by atoms with E-state index >= 15 is 0 Å². The molecule has 1 heterocycles. The van der Waals surface area contributed by atoms with E-state index in [2.05, 4.69) is 11.9 Å². The summed E-state index contributed by atoms with van der Waals surface area (Å²) in [5.41, 5.74) is 8.07. The van der Waals surface area contributed by atoms with Crippen molar-refractivity contribution in [3.05, 3.63) is 66.4 Å². The molecular weight excluding hydrogens is 260 g/mol. The van der Waals surface area contributed by atoms with Crippen LogP contribution >= 0.6 is 0 Å². The van der Waals surface area contributed by atoms with Crippen LogP contribution in [0.3, 0.4) is 0 Å². The molecular formula is C18H18N2O. The van der Waals surface area contributed by atoms with E-state index in [0.29, 0.717) is 0 Å². The van der Waals surface area contributed by atoms with Crippen LogP contribution in [0.4, 0.5) is 0 Å². The highest BCUT2D eigenvalue weighted by Gasteiger charge is 2.04. The molecule has 2 N–H and O–H groups in total. The first-order valence-corrected chi connectivity index (χ1v) is 7.14. The zero-order valence-corrected chi connectivity index (χ0v) is 12.0. The third-order valence-corrected chi connectivity index (χ3v) is 3.56. The number of nitrogens with zero attached hydrogens (tertiary/aromatic N) is 1. The van der Waals surface area contributed by atoms with Gasteiger partial charge in [-0.05, 0) is 42.3 Å². The van der Waals surface area contributed by atoms with Crippen molar-refractivity contribution in [2.45, 2.75) is 19.4 Å². The van der Waals surface area contributed by atoms with Crippen LogP contribution in [0.1, 0.15) is 24.9 Å². The molecule has 0 bridgehead atoms. The number of ether oxygens (including phenoxy) is 1. The molecule has 0 aliphatic heterocycles. The molecule has 0 aliphatic rings. The highest BCUT2D eigenvalue weighted by atomic mass is 16.5. The summed E-state index contributed by atoms with van der Waals surface area (Å²) in [6.45, 7) is 2.08. The minimum absolute atomic E-state index is 0.0870. The molecule has 3 rings (SSSR count). The molecule has 3 nitrogen and oxygen atoms in total. The van der Waals surface area contributed by atoms with Gasteiger partial charge in [-0.1, -0.05) is 25.1 Å². The van der Waals surface area contributed by atoms with Crippen molar-refractivity contribution >= 4 is 10.9 Å². The molecule has 0 saturated heterocycles. The summed E-state index contributed by atoms with van der Waals surface area (Å²) in [5.74, 6) is 1.59. The average Bonchev–Trinajstić information content (AvgIpc) is 2.55. The molecule has 0 radical (unpaired) electrons. The predicted molar refractivity (Wildman–Crippen MR) is 85.5 cm³/mol. The molecule has 3 heteroatoms. The lowest BCUT2D eigenvalue weighted by Gasteiger charge is -2.11. The van der Waals surface area contributed by atoms with Crippen molar-refractivity contribution < 1.29 is 4.74 Å². The smallest absolute Gasteiger partial charge is 0.129 e. The van der Waals surface area contributed by atoms with Gasteiger partial charge in [-0.15, -0.1) is 0 Å². The van der Waals surface area contributed by atoms with Crippen LogP contribution in [0, 0.1) is 0 Å². The van der Waals surface area contributed by atoms with Crippen molar-refractivity contribution in [1.82, 2.24) is 4.98 Å². The SMILES string of the molecule is CC[C@@H](N)c1ccc(Oc2ccc3cccnc3c2)cc1. The van der Waals surface area contributed by atoms with Gasteiger partial charge in [-0.2, -0.15) is 0 Å². The number of nitrogens with two attached hydrogens (primary N) is 1. The summed E-state index contributed by atoms with van der Waals surface area (Å²) < 4.78 is 5.87. The molecule has 0 aliphatic carbocycles.